The molecule has 3 aromatic rings. The minimum Gasteiger partial charge on any atom is -0.465 e. The molecule has 0 spiro atoms. The highest BCUT2D eigenvalue weighted by atomic mass is 16.5. The number of hydrogen-bond donors (Lipinski definition) is 0. The van der Waals surface area contributed by atoms with E-state index in [-0.39, 0.29) is 24.3 Å². The molecule has 10 nitrogen and oxygen atoms in total. The first kappa shape index (κ1) is 24.1. The average Bonchev–Trinajstić information content (AvgIpc) is 3.46. The van der Waals surface area contributed by atoms with E-state index >= 15 is 0 Å². The number of furan rings is 1. The Labute approximate surface area is 202 Å². The first-order chi connectivity index (χ1) is 16.6. The Hall–Kier alpha value is -4.08. The van der Waals surface area contributed by atoms with Gasteiger partial charge in [0.05, 0.1) is 6.26 Å². The summed E-state index contributed by atoms with van der Waals surface area (Å²) < 4.78 is 12.1. The Balaban J connectivity index is 1.60. The Morgan fingerprint density at radius 1 is 1.06 bits per heavy atom. The number of piperidine rings is 1. The van der Waals surface area contributed by atoms with Crippen molar-refractivity contribution in [1.82, 2.24) is 25.1 Å². The van der Waals surface area contributed by atoms with Gasteiger partial charge in [-0.25, -0.2) is 4.79 Å². The van der Waals surface area contributed by atoms with Gasteiger partial charge in [0.15, 0.2) is 18.1 Å². The van der Waals surface area contributed by atoms with E-state index in [0.717, 1.165) is 0 Å². The van der Waals surface area contributed by atoms with E-state index in [0.29, 0.717) is 17.1 Å². The highest BCUT2D eigenvalue weighted by Gasteiger charge is 2.47. The molecule has 10 heteroatoms. The normalized spacial score (nSPS) is 17.3. The molecule has 0 N–H and O–H groups in total. The Bertz CT molecular complexity index is 1240. The summed E-state index contributed by atoms with van der Waals surface area (Å²) in [6.45, 7) is 6.84. The van der Waals surface area contributed by atoms with Crippen LogP contribution in [0, 0.1) is 0 Å². The zero-order valence-corrected chi connectivity index (χ0v) is 20.1. The van der Waals surface area contributed by atoms with Gasteiger partial charge < -0.3 is 14.1 Å². The molecule has 0 atom stereocenters. The smallest absolute Gasteiger partial charge is 0.357 e. The number of ketones is 1. The predicted molar refractivity (Wildman–Crippen MR) is 126 cm³/mol. The van der Waals surface area contributed by atoms with Crippen molar-refractivity contribution in [3.8, 4) is 11.4 Å². The largest absolute Gasteiger partial charge is 0.465 e. The van der Waals surface area contributed by atoms with Crippen molar-refractivity contribution in [2.24, 2.45) is 0 Å². The fourth-order valence-electron chi connectivity index (χ4n) is 4.78. The predicted octanol–water partition coefficient (Wildman–Crippen LogP) is 3.22. The maximum Gasteiger partial charge on any atom is 0.357 e. The zero-order chi connectivity index (χ0) is 25.2. The second-order valence-corrected chi connectivity index (χ2v) is 9.65. The number of aromatic nitrogens is 4. The highest BCUT2D eigenvalue weighted by Crippen LogP contribution is 2.36. The number of likely N-dealkylation sites (tertiary alicyclic amines) is 1. The number of Topliss-reactive ketones (excluding diaryl/α,β-unsaturated/α-hetero) is 1. The van der Waals surface area contributed by atoms with Gasteiger partial charge in [-0.1, -0.05) is 30.3 Å². The lowest BCUT2D eigenvalue weighted by atomic mass is 9.79. The molecule has 0 bridgehead atoms. The molecule has 1 amide bonds. The van der Waals surface area contributed by atoms with Crippen LogP contribution in [0.3, 0.4) is 0 Å². The van der Waals surface area contributed by atoms with Gasteiger partial charge in [0.1, 0.15) is 11.5 Å². The minimum atomic E-state index is -0.803. The number of amides is 1. The van der Waals surface area contributed by atoms with Gasteiger partial charge in [-0.2, -0.15) is 4.68 Å². The fraction of sp³-hybridized carbons (Fsp3) is 0.360. The summed E-state index contributed by atoms with van der Waals surface area (Å²) in [6, 6.07) is 12.5. The van der Waals surface area contributed by atoms with Gasteiger partial charge in [0, 0.05) is 35.6 Å². The van der Waals surface area contributed by atoms with E-state index in [2.05, 4.69) is 15.5 Å². The van der Waals surface area contributed by atoms with Crippen LogP contribution in [0.15, 0.2) is 53.1 Å². The Morgan fingerprint density at radius 2 is 1.74 bits per heavy atom. The van der Waals surface area contributed by atoms with Crippen LogP contribution in [0.25, 0.3) is 23.2 Å². The molecule has 4 rings (SSSR count). The summed E-state index contributed by atoms with van der Waals surface area (Å²) in [5.74, 6) is -0.393. The second kappa shape index (κ2) is 9.28. The fourth-order valence-corrected chi connectivity index (χ4v) is 4.78. The first-order valence-corrected chi connectivity index (χ1v) is 11.2. The molecule has 0 saturated carbocycles. The van der Waals surface area contributed by atoms with Crippen LogP contribution in [0.5, 0.6) is 0 Å². The van der Waals surface area contributed by atoms with Crippen molar-refractivity contribution >= 4 is 29.4 Å². The molecule has 35 heavy (non-hydrogen) atoms. The number of ether oxygens (including phenoxy) is 1. The molecule has 1 saturated heterocycles. The number of esters is 1. The summed E-state index contributed by atoms with van der Waals surface area (Å²) >= 11 is 0. The standard InChI is InChI=1S/C25H27N5O5/c1-24(2)14-18(31)15-25(3,4)30(24)21(32)16-35-23(33)20(13-19-11-8-12-34-19)29-22(26-27-28-29)17-9-6-5-7-10-17/h5-13H,14-16H2,1-4H3/b20-13-. The summed E-state index contributed by atoms with van der Waals surface area (Å²) in [7, 11) is 0. The van der Waals surface area contributed by atoms with Crippen LogP contribution in [0.1, 0.15) is 46.3 Å². The van der Waals surface area contributed by atoms with Crippen molar-refractivity contribution in [1.29, 1.82) is 0 Å². The third kappa shape index (κ3) is 5.06. The number of tetrazole rings is 1. The third-order valence-electron chi connectivity index (χ3n) is 5.81. The molecular formula is C25H27N5O5. The lowest BCUT2D eigenvalue weighted by Gasteiger charge is -2.51. The Kier molecular flexibility index (Phi) is 6.38. The van der Waals surface area contributed by atoms with Crippen molar-refractivity contribution in [2.45, 2.75) is 51.6 Å². The third-order valence-corrected chi connectivity index (χ3v) is 5.81. The molecule has 1 aliphatic heterocycles. The average molecular weight is 478 g/mol. The van der Waals surface area contributed by atoms with Crippen LogP contribution >= 0.6 is 0 Å². The van der Waals surface area contributed by atoms with E-state index < -0.39 is 29.6 Å². The second-order valence-electron chi connectivity index (χ2n) is 9.65. The number of nitrogens with zero attached hydrogens (tertiary/aromatic N) is 5. The van der Waals surface area contributed by atoms with Crippen LogP contribution in [0.4, 0.5) is 0 Å². The number of carbonyl (C=O) groups excluding carboxylic acids is 3. The van der Waals surface area contributed by atoms with Crippen LogP contribution < -0.4 is 0 Å². The molecule has 0 radical (unpaired) electrons. The SMILES string of the molecule is CC1(C)CC(=O)CC(C)(C)N1C(=O)COC(=O)/C(=C/c1ccco1)n1nnnc1-c1ccccc1. The summed E-state index contributed by atoms with van der Waals surface area (Å²) in [4.78, 5) is 40.3. The first-order valence-electron chi connectivity index (χ1n) is 11.2. The van der Waals surface area contributed by atoms with E-state index in [1.165, 1.54) is 17.0 Å². The number of hydrogen-bond acceptors (Lipinski definition) is 8. The monoisotopic (exact) mass is 477 g/mol. The van der Waals surface area contributed by atoms with Gasteiger partial charge in [0.25, 0.3) is 5.91 Å². The Morgan fingerprint density at radius 3 is 2.37 bits per heavy atom. The molecule has 2 aromatic heterocycles. The molecule has 182 valence electrons. The van der Waals surface area contributed by atoms with Gasteiger partial charge >= 0.3 is 5.97 Å². The molecular weight excluding hydrogens is 450 g/mol. The summed E-state index contributed by atoms with van der Waals surface area (Å²) in [5.41, 5.74) is -0.742. The van der Waals surface area contributed by atoms with E-state index in [1.807, 2.05) is 58.0 Å². The maximum atomic E-state index is 13.2. The molecule has 0 aliphatic carbocycles. The number of benzene rings is 1. The number of rotatable bonds is 6. The van der Waals surface area contributed by atoms with Crippen molar-refractivity contribution < 1.29 is 23.5 Å². The van der Waals surface area contributed by atoms with E-state index in [9.17, 15) is 14.4 Å². The van der Waals surface area contributed by atoms with Crippen molar-refractivity contribution in [2.75, 3.05) is 6.61 Å². The summed E-state index contributed by atoms with van der Waals surface area (Å²) in [5, 5.41) is 11.7. The van der Waals surface area contributed by atoms with E-state index in [4.69, 9.17) is 9.15 Å². The van der Waals surface area contributed by atoms with Crippen molar-refractivity contribution in [3.05, 3.63) is 54.5 Å². The lowest BCUT2D eigenvalue weighted by Crippen LogP contribution is -2.63. The van der Waals surface area contributed by atoms with Crippen LogP contribution in [-0.2, 0) is 19.1 Å². The zero-order valence-electron chi connectivity index (χ0n) is 20.1. The maximum absolute atomic E-state index is 13.2. The molecule has 1 aliphatic rings. The molecule has 1 aromatic carbocycles. The topological polar surface area (TPSA) is 120 Å². The molecule has 3 heterocycles. The van der Waals surface area contributed by atoms with Crippen LogP contribution in [0.2, 0.25) is 0 Å². The van der Waals surface area contributed by atoms with E-state index in [1.54, 1.807) is 17.0 Å². The van der Waals surface area contributed by atoms with Crippen LogP contribution in [-0.4, -0.2) is 60.5 Å². The molecule has 0 unspecified atom stereocenters. The number of carbonyl (C=O) groups is 3. The molecule has 1 fully saturated rings. The van der Waals surface area contributed by atoms with Gasteiger partial charge in [-0.15, -0.1) is 5.10 Å². The van der Waals surface area contributed by atoms with Gasteiger partial charge in [-0.3, -0.25) is 9.59 Å². The van der Waals surface area contributed by atoms with Gasteiger partial charge in [-0.05, 0) is 50.3 Å². The van der Waals surface area contributed by atoms with Gasteiger partial charge in [0.2, 0.25) is 0 Å². The summed E-state index contributed by atoms with van der Waals surface area (Å²) in [6.07, 6.45) is 3.40. The minimum absolute atomic E-state index is 0.0241. The highest BCUT2D eigenvalue weighted by molar-refractivity contribution is 6.15. The lowest BCUT2D eigenvalue weighted by molar-refractivity contribution is -0.161. The quantitative estimate of drug-likeness (QED) is 0.392. The van der Waals surface area contributed by atoms with Crippen molar-refractivity contribution in [3.63, 3.8) is 0 Å².